The summed E-state index contributed by atoms with van der Waals surface area (Å²) >= 11 is 1.60. The number of thioether (sulfide) groups is 1. The summed E-state index contributed by atoms with van der Waals surface area (Å²) in [5, 5.41) is 2.65. The van der Waals surface area contributed by atoms with Crippen molar-refractivity contribution in [3.05, 3.63) is 60.2 Å². The van der Waals surface area contributed by atoms with Gasteiger partial charge in [-0.3, -0.25) is 4.79 Å². The quantitative estimate of drug-likeness (QED) is 0.420. The molecule has 8 heteroatoms. The topological polar surface area (TPSA) is 89.5 Å². The first-order chi connectivity index (χ1) is 12.4. The summed E-state index contributed by atoms with van der Waals surface area (Å²) in [6, 6.07) is 15.5. The molecule has 0 aliphatic rings. The first-order valence-electron chi connectivity index (χ1n) is 7.78. The van der Waals surface area contributed by atoms with Gasteiger partial charge in [0.1, 0.15) is 0 Å². The summed E-state index contributed by atoms with van der Waals surface area (Å²) < 4.78 is 28.3. The fourth-order valence-corrected chi connectivity index (χ4v) is 3.76. The summed E-state index contributed by atoms with van der Waals surface area (Å²) in [4.78, 5) is 24.8. The molecule has 138 valence electrons. The molecule has 2 aromatic carbocycles. The van der Waals surface area contributed by atoms with E-state index >= 15 is 0 Å². The molecule has 0 aromatic heterocycles. The Morgan fingerprint density at radius 1 is 1.04 bits per heavy atom. The van der Waals surface area contributed by atoms with E-state index in [2.05, 4.69) is 5.32 Å². The largest absolute Gasteiger partial charge is 0.452 e. The molecule has 6 nitrogen and oxygen atoms in total. The SMILES string of the molecule is CS(=O)(=O)c1ccccc1C(=O)OCC(=O)NCCSc1ccccc1. The average molecular weight is 393 g/mol. The van der Waals surface area contributed by atoms with Crippen LogP contribution in [-0.4, -0.2) is 45.5 Å². The van der Waals surface area contributed by atoms with Crippen LogP contribution in [0.2, 0.25) is 0 Å². The Morgan fingerprint density at radius 2 is 1.69 bits per heavy atom. The first kappa shape index (κ1) is 20.0. The summed E-state index contributed by atoms with van der Waals surface area (Å²) in [7, 11) is -3.57. The van der Waals surface area contributed by atoms with Crippen LogP contribution in [0.15, 0.2) is 64.4 Å². The van der Waals surface area contributed by atoms with Crippen LogP contribution in [0.5, 0.6) is 0 Å². The van der Waals surface area contributed by atoms with E-state index in [1.807, 2.05) is 30.3 Å². The number of nitrogens with one attached hydrogen (secondary N) is 1. The third kappa shape index (κ3) is 6.20. The Labute approximate surface area is 156 Å². The maximum Gasteiger partial charge on any atom is 0.339 e. The van der Waals surface area contributed by atoms with Crippen LogP contribution in [0.3, 0.4) is 0 Å². The van der Waals surface area contributed by atoms with Crippen molar-refractivity contribution in [3.8, 4) is 0 Å². The fourth-order valence-electron chi connectivity index (χ4n) is 2.09. The zero-order chi connectivity index (χ0) is 19.0. The van der Waals surface area contributed by atoms with Gasteiger partial charge in [0.25, 0.3) is 5.91 Å². The van der Waals surface area contributed by atoms with Gasteiger partial charge in [-0.15, -0.1) is 11.8 Å². The standard InChI is InChI=1S/C18H19NO5S2/c1-26(22,23)16-10-6-5-9-15(16)18(21)24-13-17(20)19-11-12-25-14-7-3-2-4-8-14/h2-10H,11-13H2,1H3,(H,19,20). The number of carbonyl (C=O) groups is 2. The number of hydrogen-bond donors (Lipinski definition) is 1. The number of carbonyl (C=O) groups excluding carboxylic acids is 2. The van der Waals surface area contributed by atoms with Crippen LogP contribution < -0.4 is 5.32 Å². The molecular weight excluding hydrogens is 374 g/mol. The van der Waals surface area contributed by atoms with E-state index in [1.54, 1.807) is 11.8 Å². The molecule has 0 aliphatic carbocycles. The number of benzene rings is 2. The molecule has 0 saturated carbocycles. The molecule has 1 N–H and O–H groups in total. The molecule has 2 rings (SSSR count). The second kappa shape index (κ2) is 9.40. The minimum atomic E-state index is -3.57. The van der Waals surface area contributed by atoms with Crippen LogP contribution in [0.4, 0.5) is 0 Å². The highest BCUT2D eigenvalue weighted by atomic mass is 32.2. The minimum Gasteiger partial charge on any atom is -0.452 e. The average Bonchev–Trinajstić information content (AvgIpc) is 2.63. The molecule has 0 aliphatic heterocycles. The molecule has 0 bridgehead atoms. The van der Waals surface area contributed by atoms with Gasteiger partial charge in [-0.25, -0.2) is 13.2 Å². The van der Waals surface area contributed by atoms with Crippen LogP contribution >= 0.6 is 11.8 Å². The third-order valence-corrected chi connectivity index (χ3v) is 5.45. The molecule has 2 aromatic rings. The van der Waals surface area contributed by atoms with E-state index in [4.69, 9.17) is 4.74 Å². The number of sulfone groups is 1. The van der Waals surface area contributed by atoms with Crippen LogP contribution in [0, 0.1) is 0 Å². The number of esters is 1. The van der Waals surface area contributed by atoms with E-state index < -0.39 is 28.3 Å². The lowest BCUT2D eigenvalue weighted by atomic mass is 10.2. The van der Waals surface area contributed by atoms with E-state index in [1.165, 1.54) is 24.3 Å². The smallest absolute Gasteiger partial charge is 0.339 e. The van der Waals surface area contributed by atoms with Gasteiger partial charge in [0, 0.05) is 23.4 Å². The van der Waals surface area contributed by atoms with Gasteiger partial charge < -0.3 is 10.1 Å². The van der Waals surface area contributed by atoms with Crippen molar-refractivity contribution in [2.24, 2.45) is 0 Å². The number of amides is 1. The third-order valence-electron chi connectivity index (χ3n) is 3.28. The Kier molecular flexibility index (Phi) is 7.23. The Hall–Kier alpha value is -2.32. The van der Waals surface area contributed by atoms with Crippen molar-refractivity contribution in [2.75, 3.05) is 25.2 Å². The van der Waals surface area contributed by atoms with E-state index in [0.717, 1.165) is 11.2 Å². The van der Waals surface area contributed by atoms with E-state index in [0.29, 0.717) is 12.3 Å². The van der Waals surface area contributed by atoms with Crippen molar-refractivity contribution in [1.82, 2.24) is 5.32 Å². The number of hydrogen-bond acceptors (Lipinski definition) is 6. The summed E-state index contributed by atoms with van der Waals surface area (Å²) in [5.41, 5.74) is -0.0811. The molecule has 0 heterocycles. The highest BCUT2D eigenvalue weighted by molar-refractivity contribution is 7.99. The van der Waals surface area contributed by atoms with E-state index in [9.17, 15) is 18.0 Å². The lowest BCUT2D eigenvalue weighted by Crippen LogP contribution is -2.30. The predicted molar refractivity (Wildman–Crippen MR) is 100 cm³/mol. The maximum atomic E-state index is 12.1. The molecular formula is C18H19NO5S2. The monoisotopic (exact) mass is 393 g/mol. The van der Waals surface area contributed by atoms with Gasteiger partial charge in [-0.05, 0) is 24.3 Å². The second-order valence-electron chi connectivity index (χ2n) is 5.36. The molecule has 0 spiro atoms. The van der Waals surface area contributed by atoms with Crippen LogP contribution in [-0.2, 0) is 19.4 Å². The maximum absolute atomic E-state index is 12.1. The predicted octanol–water partition coefficient (Wildman–Crippen LogP) is 2.16. The number of rotatable bonds is 8. The normalized spacial score (nSPS) is 11.0. The molecule has 0 atom stereocenters. The van der Waals surface area contributed by atoms with Gasteiger partial charge in [0.15, 0.2) is 16.4 Å². The van der Waals surface area contributed by atoms with Gasteiger partial charge in [-0.2, -0.15) is 0 Å². The van der Waals surface area contributed by atoms with Crippen molar-refractivity contribution in [1.29, 1.82) is 0 Å². The van der Waals surface area contributed by atoms with Crippen molar-refractivity contribution in [2.45, 2.75) is 9.79 Å². The molecule has 0 radical (unpaired) electrons. The van der Waals surface area contributed by atoms with Crippen LogP contribution in [0.25, 0.3) is 0 Å². The van der Waals surface area contributed by atoms with Crippen LogP contribution in [0.1, 0.15) is 10.4 Å². The highest BCUT2D eigenvalue weighted by Crippen LogP contribution is 2.17. The zero-order valence-corrected chi connectivity index (χ0v) is 15.8. The van der Waals surface area contributed by atoms with Crippen molar-refractivity contribution in [3.63, 3.8) is 0 Å². The van der Waals surface area contributed by atoms with E-state index in [-0.39, 0.29) is 10.5 Å². The van der Waals surface area contributed by atoms with Gasteiger partial charge in [-0.1, -0.05) is 30.3 Å². The lowest BCUT2D eigenvalue weighted by Gasteiger charge is -2.09. The fraction of sp³-hybridized carbons (Fsp3) is 0.222. The summed E-state index contributed by atoms with van der Waals surface area (Å²) in [5.74, 6) is -0.607. The van der Waals surface area contributed by atoms with Crippen molar-refractivity contribution < 1.29 is 22.7 Å². The molecule has 26 heavy (non-hydrogen) atoms. The summed E-state index contributed by atoms with van der Waals surface area (Å²) in [6.45, 7) is -0.0389. The first-order valence-corrected chi connectivity index (χ1v) is 10.7. The Morgan fingerprint density at radius 3 is 2.38 bits per heavy atom. The molecule has 0 saturated heterocycles. The summed E-state index contributed by atoms with van der Waals surface area (Å²) in [6.07, 6.45) is 1.01. The van der Waals surface area contributed by atoms with Gasteiger partial charge in [0.2, 0.25) is 0 Å². The minimum absolute atomic E-state index is 0.0811. The number of ether oxygens (including phenoxy) is 1. The molecule has 0 unspecified atom stereocenters. The van der Waals surface area contributed by atoms with Gasteiger partial charge in [0.05, 0.1) is 10.5 Å². The van der Waals surface area contributed by atoms with Crippen molar-refractivity contribution >= 4 is 33.5 Å². The Balaban J connectivity index is 1.78. The van der Waals surface area contributed by atoms with Gasteiger partial charge >= 0.3 is 5.97 Å². The highest BCUT2D eigenvalue weighted by Gasteiger charge is 2.19. The zero-order valence-electron chi connectivity index (χ0n) is 14.2. The molecule has 0 fully saturated rings. The molecule has 1 amide bonds. The Bertz CT molecular complexity index is 866. The second-order valence-corrected chi connectivity index (χ2v) is 8.51. The lowest BCUT2D eigenvalue weighted by molar-refractivity contribution is -0.124.